The van der Waals surface area contributed by atoms with Crippen LogP contribution in [0.1, 0.15) is 5.56 Å². The lowest BCUT2D eigenvalue weighted by Gasteiger charge is -2.12. The third-order valence-corrected chi connectivity index (χ3v) is 3.66. The van der Waals surface area contributed by atoms with Gasteiger partial charge in [0.1, 0.15) is 5.75 Å². The Balaban J connectivity index is 2.37. The predicted octanol–water partition coefficient (Wildman–Crippen LogP) is 5.17. The Hall–Kier alpha value is -1.99. The number of aryl methyl sites for hydroxylation is 1. The number of aromatic hydroxyl groups is 1. The molecule has 1 nitrogen and oxygen atoms in total. The Bertz CT molecular complexity index is 745. The quantitative estimate of drug-likeness (QED) is 0.645. The van der Waals surface area contributed by atoms with Gasteiger partial charge in [0.15, 0.2) is 0 Å². The molecule has 0 saturated carbocycles. The Morgan fingerprint density at radius 3 is 2.21 bits per heavy atom. The van der Waals surface area contributed by atoms with E-state index in [1.807, 2.05) is 36.4 Å². The van der Waals surface area contributed by atoms with Crippen molar-refractivity contribution >= 4 is 22.4 Å². The first kappa shape index (κ1) is 12.1. The first-order chi connectivity index (χ1) is 9.16. The van der Waals surface area contributed by atoms with Gasteiger partial charge in [-0.15, -0.1) is 0 Å². The summed E-state index contributed by atoms with van der Waals surface area (Å²) in [5.41, 5.74) is 3.39. The van der Waals surface area contributed by atoms with E-state index in [0.29, 0.717) is 0 Å². The van der Waals surface area contributed by atoms with Crippen molar-refractivity contribution < 1.29 is 5.11 Å². The molecule has 0 unspecified atom stereocenters. The van der Waals surface area contributed by atoms with Gasteiger partial charge < -0.3 is 5.11 Å². The maximum Gasteiger partial charge on any atom is 0.115 e. The van der Waals surface area contributed by atoms with Crippen molar-refractivity contribution in [2.24, 2.45) is 0 Å². The maximum atomic E-state index is 9.41. The molecule has 94 valence electrons. The number of rotatable bonds is 1. The van der Waals surface area contributed by atoms with Crippen LogP contribution < -0.4 is 0 Å². The van der Waals surface area contributed by atoms with Crippen molar-refractivity contribution in [1.82, 2.24) is 0 Å². The van der Waals surface area contributed by atoms with Gasteiger partial charge >= 0.3 is 0 Å². The lowest BCUT2D eigenvalue weighted by molar-refractivity contribution is 0.475. The smallest absolute Gasteiger partial charge is 0.115 e. The zero-order chi connectivity index (χ0) is 13.4. The van der Waals surface area contributed by atoms with E-state index >= 15 is 0 Å². The number of benzene rings is 3. The lowest BCUT2D eigenvalue weighted by atomic mass is 9.94. The number of phenols is 1. The highest BCUT2D eigenvalue weighted by atomic mass is 35.5. The minimum Gasteiger partial charge on any atom is -0.508 e. The molecule has 0 bridgehead atoms. The zero-order valence-corrected chi connectivity index (χ0v) is 11.3. The number of fused-ring (bicyclic) bond motifs is 1. The molecule has 0 atom stereocenters. The molecular formula is C17H13ClO. The van der Waals surface area contributed by atoms with Gasteiger partial charge in [-0.25, -0.2) is 0 Å². The van der Waals surface area contributed by atoms with Crippen LogP contribution in [0.15, 0.2) is 54.6 Å². The summed E-state index contributed by atoms with van der Waals surface area (Å²) < 4.78 is 0. The molecule has 0 aliphatic heterocycles. The molecule has 3 rings (SSSR count). The highest BCUT2D eigenvalue weighted by Crippen LogP contribution is 2.36. The van der Waals surface area contributed by atoms with Crippen molar-refractivity contribution in [3.05, 3.63) is 65.2 Å². The summed E-state index contributed by atoms with van der Waals surface area (Å²) in [5.74, 6) is 0.277. The summed E-state index contributed by atoms with van der Waals surface area (Å²) in [4.78, 5) is 0. The van der Waals surface area contributed by atoms with Crippen LogP contribution in [0.4, 0.5) is 0 Å². The number of phenolic OH excluding ortho intramolecular Hbond substituents is 1. The number of halogens is 1. The van der Waals surface area contributed by atoms with Crippen LogP contribution in [-0.4, -0.2) is 5.11 Å². The van der Waals surface area contributed by atoms with E-state index in [2.05, 4.69) is 13.0 Å². The standard InChI is InChI=1S/C17H13ClO/c1-11-10-16(18)14-4-2-3-5-15(14)17(11)12-6-8-13(19)9-7-12/h2-10,19H,1H3. The van der Waals surface area contributed by atoms with Crippen LogP contribution in [0.3, 0.4) is 0 Å². The molecule has 19 heavy (non-hydrogen) atoms. The molecule has 0 fully saturated rings. The summed E-state index contributed by atoms with van der Waals surface area (Å²) in [6.45, 7) is 2.06. The summed E-state index contributed by atoms with van der Waals surface area (Å²) in [7, 11) is 0. The summed E-state index contributed by atoms with van der Waals surface area (Å²) in [5, 5.41) is 12.4. The summed E-state index contributed by atoms with van der Waals surface area (Å²) in [6, 6.07) is 17.4. The first-order valence-corrected chi connectivity index (χ1v) is 6.52. The fourth-order valence-electron chi connectivity index (χ4n) is 2.47. The van der Waals surface area contributed by atoms with E-state index in [4.69, 9.17) is 11.6 Å². The largest absolute Gasteiger partial charge is 0.508 e. The van der Waals surface area contributed by atoms with E-state index in [1.165, 1.54) is 5.56 Å². The molecule has 3 aromatic rings. The molecule has 3 aromatic carbocycles. The molecule has 0 saturated heterocycles. The van der Waals surface area contributed by atoms with E-state index in [9.17, 15) is 5.11 Å². The molecule has 0 amide bonds. The van der Waals surface area contributed by atoms with Crippen LogP contribution >= 0.6 is 11.6 Å². The summed E-state index contributed by atoms with van der Waals surface area (Å²) in [6.07, 6.45) is 0. The highest BCUT2D eigenvalue weighted by Gasteiger charge is 2.10. The molecule has 0 spiro atoms. The Morgan fingerprint density at radius 2 is 1.53 bits per heavy atom. The van der Waals surface area contributed by atoms with E-state index in [0.717, 1.165) is 26.9 Å². The number of hydrogen-bond acceptors (Lipinski definition) is 1. The fourth-order valence-corrected chi connectivity index (χ4v) is 2.80. The van der Waals surface area contributed by atoms with Crippen molar-refractivity contribution in [1.29, 1.82) is 0 Å². The van der Waals surface area contributed by atoms with Gasteiger partial charge in [-0.2, -0.15) is 0 Å². The zero-order valence-electron chi connectivity index (χ0n) is 10.5. The van der Waals surface area contributed by atoms with Gasteiger partial charge in [-0.05, 0) is 47.2 Å². The second kappa shape index (κ2) is 4.60. The molecule has 0 aliphatic carbocycles. The van der Waals surface area contributed by atoms with Crippen LogP contribution in [0, 0.1) is 6.92 Å². The fraction of sp³-hybridized carbons (Fsp3) is 0.0588. The molecule has 0 heterocycles. The third-order valence-electron chi connectivity index (χ3n) is 3.35. The molecule has 0 aromatic heterocycles. The van der Waals surface area contributed by atoms with Crippen LogP contribution in [-0.2, 0) is 0 Å². The molecule has 0 radical (unpaired) electrons. The minimum absolute atomic E-state index is 0.277. The van der Waals surface area contributed by atoms with Crippen molar-refractivity contribution in [3.63, 3.8) is 0 Å². The van der Waals surface area contributed by atoms with Crippen molar-refractivity contribution in [2.75, 3.05) is 0 Å². The Labute approximate surface area is 117 Å². The van der Waals surface area contributed by atoms with Gasteiger partial charge in [0.2, 0.25) is 0 Å². The third kappa shape index (κ3) is 2.06. The van der Waals surface area contributed by atoms with Crippen LogP contribution in [0.2, 0.25) is 5.02 Å². The topological polar surface area (TPSA) is 20.2 Å². The van der Waals surface area contributed by atoms with Crippen molar-refractivity contribution in [2.45, 2.75) is 6.92 Å². The van der Waals surface area contributed by atoms with Crippen molar-refractivity contribution in [3.8, 4) is 16.9 Å². The van der Waals surface area contributed by atoms with Gasteiger partial charge in [-0.1, -0.05) is 48.0 Å². The number of hydrogen-bond donors (Lipinski definition) is 1. The van der Waals surface area contributed by atoms with E-state index in [-0.39, 0.29) is 5.75 Å². The Kier molecular flexibility index (Phi) is 2.92. The molecule has 1 N–H and O–H groups in total. The van der Waals surface area contributed by atoms with Gasteiger partial charge in [0.25, 0.3) is 0 Å². The van der Waals surface area contributed by atoms with Crippen LogP contribution in [0.25, 0.3) is 21.9 Å². The maximum absolute atomic E-state index is 9.41. The SMILES string of the molecule is Cc1cc(Cl)c2ccccc2c1-c1ccc(O)cc1. The Morgan fingerprint density at radius 1 is 0.895 bits per heavy atom. The monoisotopic (exact) mass is 268 g/mol. The molecular weight excluding hydrogens is 256 g/mol. The minimum atomic E-state index is 0.277. The van der Waals surface area contributed by atoms with Crippen LogP contribution in [0.5, 0.6) is 5.75 Å². The second-order valence-electron chi connectivity index (χ2n) is 4.64. The van der Waals surface area contributed by atoms with Gasteiger partial charge in [-0.3, -0.25) is 0 Å². The van der Waals surface area contributed by atoms with E-state index < -0.39 is 0 Å². The first-order valence-electron chi connectivity index (χ1n) is 6.14. The average molecular weight is 269 g/mol. The predicted molar refractivity (Wildman–Crippen MR) is 80.8 cm³/mol. The highest BCUT2D eigenvalue weighted by molar-refractivity contribution is 6.36. The van der Waals surface area contributed by atoms with Gasteiger partial charge in [0, 0.05) is 10.4 Å². The molecule has 2 heteroatoms. The molecule has 0 aliphatic rings. The van der Waals surface area contributed by atoms with Gasteiger partial charge in [0.05, 0.1) is 0 Å². The van der Waals surface area contributed by atoms with E-state index in [1.54, 1.807) is 12.1 Å². The lowest BCUT2D eigenvalue weighted by Crippen LogP contribution is -1.87. The summed E-state index contributed by atoms with van der Waals surface area (Å²) >= 11 is 6.31. The normalized spacial score (nSPS) is 10.8. The second-order valence-corrected chi connectivity index (χ2v) is 5.05. The average Bonchev–Trinajstić information content (AvgIpc) is 2.41.